The van der Waals surface area contributed by atoms with E-state index in [-0.39, 0.29) is 12.2 Å². The molecule has 17 heavy (non-hydrogen) atoms. The van der Waals surface area contributed by atoms with E-state index in [4.69, 9.17) is 5.11 Å². The van der Waals surface area contributed by atoms with E-state index in [0.29, 0.717) is 21.9 Å². The maximum absolute atomic E-state index is 13.4. The summed E-state index contributed by atoms with van der Waals surface area (Å²) in [5.41, 5.74) is 0.604. The summed E-state index contributed by atoms with van der Waals surface area (Å²) in [5, 5.41) is 9.22. The van der Waals surface area contributed by atoms with Crippen LogP contribution in [0.1, 0.15) is 6.42 Å². The lowest BCUT2D eigenvalue weighted by atomic mass is 10.3. The molecule has 0 saturated carbocycles. The van der Waals surface area contributed by atoms with Gasteiger partial charge in [0.05, 0.1) is 16.6 Å². The van der Waals surface area contributed by atoms with Crippen LogP contribution in [0.15, 0.2) is 18.2 Å². The molecule has 0 aliphatic carbocycles. The van der Waals surface area contributed by atoms with Gasteiger partial charge < -0.3 is 10.0 Å². The molecule has 2 aromatic rings. The number of halogens is 1. The van der Waals surface area contributed by atoms with Crippen LogP contribution in [0.25, 0.3) is 10.2 Å². The van der Waals surface area contributed by atoms with Crippen molar-refractivity contribution in [3.05, 3.63) is 24.0 Å². The molecule has 0 amide bonds. The van der Waals surface area contributed by atoms with E-state index >= 15 is 0 Å². The predicted molar refractivity (Wildman–Crippen MR) is 65.1 cm³/mol. The number of nitrogens with zero attached hydrogens (tertiary/aromatic N) is 2. The first-order chi connectivity index (χ1) is 8.08. The summed E-state index contributed by atoms with van der Waals surface area (Å²) in [6, 6.07) is 4.74. The molecule has 0 fully saturated rings. The number of benzene rings is 1. The van der Waals surface area contributed by atoms with Gasteiger partial charge in [0.15, 0.2) is 5.13 Å². The van der Waals surface area contributed by atoms with Crippen molar-refractivity contribution in [3.63, 3.8) is 0 Å². The van der Waals surface area contributed by atoms with Crippen molar-refractivity contribution in [2.45, 2.75) is 6.42 Å². The van der Waals surface area contributed by atoms with Crippen LogP contribution in [0.2, 0.25) is 0 Å². The Bertz CT molecular complexity index is 555. The number of carbonyl (C=O) groups is 1. The lowest BCUT2D eigenvalue weighted by molar-refractivity contribution is -0.136. The summed E-state index contributed by atoms with van der Waals surface area (Å²) < 4.78 is 13.9. The Balaban J connectivity index is 2.24. The number of rotatable bonds is 4. The van der Waals surface area contributed by atoms with Crippen LogP contribution < -0.4 is 4.90 Å². The molecule has 0 spiro atoms. The van der Waals surface area contributed by atoms with Crippen molar-refractivity contribution in [2.75, 3.05) is 18.5 Å². The number of thiazole rings is 1. The van der Waals surface area contributed by atoms with Gasteiger partial charge in [-0.3, -0.25) is 4.79 Å². The van der Waals surface area contributed by atoms with E-state index in [1.54, 1.807) is 24.1 Å². The molecule has 0 atom stereocenters. The van der Waals surface area contributed by atoms with Gasteiger partial charge in [0.25, 0.3) is 0 Å². The molecule has 0 aliphatic heterocycles. The van der Waals surface area contributed by atoms with Gasteiger partial charge in [-0.05, 0) is 12.1 Å². The summed E-state index contributed by atoms with van der Waals surface area (Å²) in [4.78, 5) is 16.4. The Morgan fingerprint density at radius 1 is 1.59 bits per heavy atom. The molecule has 0 radical (unpaired) electrons. The summed E-state index contributed by atoms with van der Waals surface area (Å²) in [7, 11) is 1.75. The van der Waals surface area contributed by atoms with Gasteiger partial charge in [0.2, 0.25) is 0 Å². The number of aliphatic carboxylic acids is 1. The number of fused-ring (bicyclic) bond motifs is 1. The lowest BCUT2D eigenvalue weighted by Crippen LogP contribution is -2.20. The van der Waals surface area contributed by atoms with Gasteiger partial charge in [-0.2, -0.15) is 0 Å². The number of hydrogen-bond acceptors (Lipinski definition) is 4. The van der Waals surface area contributed by atoms with Crippen molar-refractivity contribution in [2.24, 2.45) is 0 Å². The molecular weight excluding hydrogens is 243 g/mol. The third-order valence-corrected chi connectivity index (χ3v) is 3.54. The third kappa shape index (κ3) is 2.52. The zero-order valence-electron chi connectivity index (χ0n) is 9.18. The lowest BCUT2D eigenvalue weighted by Gasteiger charge is -2.13. The highest BCUT2D eigenvalue weighted by atomic mass is 32.1. The normalized spacial score (nSPS) is 10.7. The maximum atomic E-state index is 13.4. The highest BCUT2D eigenvalue weighted by Crippen LogP contribution is 2.29. The summed E-state index contributed by atoms with van der Waals surface area (Å²) in [6.45, 7) is 0.358. The molecule has 90 valence electrons. The molecular formula is C11H11FN2O2S. The molecule has 2 rings (SSSR count). The SMILES string of the molecule is CN(CCC(=O)O)c1nc2cccc(F)c2s1. The van der Waals surface area contributed by atoms with Crippen molar-refractivity contribution < 1.29 is 14.3 Å². The van der Waals surface area contributed by atoms with E-state index in [9.17, 15) is 9.18 Å². The number of hydrogen-bond donors (Lipinski definition) is 1. The average Bonchev–Trinajstić information content (AvgIpc) is 2.71. The highest BCUT2D eigenvalue weighted by Gasteiger charge is 2.11. The number of aromatic nitrogens is 1. The summed E-state index contributed by atoms with van der Waals surface area (Å²) in [5.74, 6) is -1.15. The Morgan fingerprint density at radius 3 is 3.00 bits per heavy atom. The van der Waals surface area contributed by atoms with Crippen LogP contribution in [0, 0.1) is 5.82 Å². The minimum atomic E-state index is -0.857. The van der Waals surface area contributed by atoms with Crippen molar-refractivity contribution >= 4 is 32.7 Å². The molecule has 1 heterocycles. The van der Waals surface area contributed by atoms with Gasteiger partial charge in [0, 0.05) is 13.6 Å². The first-order valence-electron chi connectivity index (χ1n) is 5.06. The van der Waals surface area contributed by atoms with Gasteiger partial charge in [-0.25, -0.2) is 9.37 Å². The smallest absolute Gasteiger partial charge is 0.305 e. The highest BCUT2D eigenvalue weighted by molar-refractivity contribution is 7.22. The fraction of sp³-hybridized carbons (Fsp3) is 0.273. The van der Waals surface area contributed by atoms with Crippen LogP contribution in [0.5, 0.6) is 0 Å². The summed E-state index contributed by atoms with van der Waals surface area (Å²) >= 11 is 1.23. The van der Waals surface area contributed by atoms with Gasteiger partial charge in [0.1, 0.15) is 5.82 Å². The Hall–Kier alpha value is -1.69. The van der Waals surface area contributed by atoms with Crippen LogP contribution in [-0.2, 0) is 4.79 Å². The van der Waals surface area contributed by atoms with E-state index in [2.05, 4.69) is 4.98 Å². The number of carboxylic acids is 1. The van der Waals surface area contributed by atoms with E-state index in [0.717, 1.165) is 0 Å². The summed E-state index contributed by atoms with van der Waals surface area (Å²) in [6.07, 6.45) is 0.0366. The standard InChI is InChI=1S/C11H11FN2O2S/c1-14(6-5-9(15)16)11-13-8-4-2-3-7(12)10(8)17-11/h2-4H,5-6H2,1H3,(H,15,16). The zero-order valence-corrected chi connectivity index (χ0v) is 10.00. The van der Waals surface area contributed by atoms with E-state index in [1.165, 1.54) is 17.4 Å². The van der Waals surface area contributed by atoms with Crippen LogP contribution in [-0.4, -0.2) is 29.7 Å². The molecule has 0 unspecified atom stereocenters. The molecule has 0 aliphatic rings. The van der Waals surface area contributed by atoms with Crippen molar-refractivity contribution in [1.82, 2.24) is 4.98 Å². The van der Waals surface area contributed by atoms with Crippen LogP contribution in [0.4, 0.5) is 9.52 Å². The molecule has 0 saturated heterocycles. The minimum absolute atomic E-state index is 0.0366. The topological polar surface area (TPSA) is 53.4 Å². The molecule has 1 N–H and O–H groups in total. The quantitative estimate of drug-likeness (QED) is 0.910. The largest absolute Gasteiger partial charge is 0.481 e. The monoisotopic (exact) mass is 254 g/mol. The maximum Gasteiger partial charge on any atom is 0.305 e. The average molecular weight is 254 g/mol. The fourth-order valence-corrected chi connectivity index (χ4v) is 2.38. The first-order valence-corrected chi connectivity index (χ1v) is 5.87. The van der Waals surface area contributed by atoms with E-state index in [1.807, 2.05) is 0 Å². The fourth-order valence-electron chi connectivity index (χ4n) is 1.43. The zero-order chi connectivity index (χ0) is 12.4. The second-order valence-corrected chi connectivity index (χ2v) is 4.63. The van der Waals surface area contributed by atoms with E-state index < -0.39 is 5.97 Å². The van der Waals surface area contributed by atoms with Gasteiger partial charge in [-0.1, -0.05) is 17.4 Å². The second kappa shape index (κ2) is 4.67. The predicted octanol–water partition coefficient (Wildman–Crippen LogP) is 2.35. The minimum Gasteiger partial charge on any atom is -0.481 e. The second-order valence-electron chi connectivity index (χ2n) is 3.65. The first kappa shape index (κ1) is 11.8. The number of carboxylic acid groups (broad SMARTS) is 1. The number of anilines is 1. The van der Waals surface area contributed by atoms with Crippen molar-refractivity contribution in [3.8, 4) is 0 Å². The molecule has 0 bridgehead atoms. The Morgan fingerprint density at radius 2 is 2.35 bits per heavy atom. The van der Waals surface area contributed by atoms with Gasteiger partial charge >= 0.3 is 5.97 Å². The Kier molecular flexibility index (Phi) is 3.23. The molecule has 1 aromatic heterocycles. The van der Waals surface area contributed by atoms with Crippen LogP contribution in [0.3, 0.4) is 0 Å². The Labute approximate surface area is 101 Å². The van der Waals surface area contributed by atoms with Gasteiger partial charge in [-0.15, -0.1) is 0 Å². The third-order valence-electron chi connectivity index (χ3n) is 2.34. The molecule has 6 heteroatoms. The van der Waals surface area contributed by atoms with Crippen LogP contribution >= 0.6 is 11.3 Å². The molecule has 1 aromatic carbocycles. The molecule has 4 nitrogen and oxygen atoms in total. The van der Waals surface area contributed by atoms with Crippen molar-refractivity contribution in [1.29, 1.82) is 0 Å².